The highest BCUT2D eigenvalue weighted by molar-refractivity contribution is 7.89. The lowest BCUT2D eigenvalue weighted by molar-refractivity contribution is 0.276. The molecule has 0 atom stereocenters. The van der Waals surface area contributed by atoms with E-state index >= 15 is 0 Å². The smallest absolute Gasteiger partial charge is 0.246 e. The van der Waals surface area contributed by atoms with E-state index in [1.807, 2.05) is 27.7 Å². The first-order valence-electron chi connectivity index (χ1n) is 7.29. The summed E-state index contributed by atoms with van der Waals surface area (Å²) in [6, 6.07) is 0.0381. The van der Waals surface area contributed by atoms with Crippen LogP contribution in [0.4, 0.5) is 0 Å². The first kappa shape index (κ1) is 17.2. The molecule has 0 spiro atoms. The number of aromatic nitrogens is 2. The molecule has 0 aromatic carbocycles. The highest BCUT2D eigenvalue weighted by Gasteiger charge is 2.33. The van der Waals surface area contributed by atoms with E-state index < -0.39 is 10.0 Å². The van der Waals surface area contributed by atoms with Crippen molar-refractivity contribution >= 4 is 10.0 Å². The van der Waals surface area contributed by atoms with Gasteiger partial charge in [0.1, 0.15) is 4.90 Å². The SMILES string of the molecule is CCC(CC)N(CC(C)C)S(=O)(=O)c1c(C)n[nH]c1C. The minimum Gasteiger partial charge on any atom is -0.281 e. The van der Waals surface area contributed by atoms with Gasteiger partial charge in [0.2, 0.25) is 10.0 Å². The van der Waals surface area contributed by atoms with E-state index in [1.54, 1.807) is 18.2 Å². The Kier molecular flexibility index (Phi) is 5.77. The van der Waals surface area contributed by atoms with E-state index in [0.717, 1.165) is 12.8 Å². The molecule has 5 nitrogen and oxygen atoms in total. The topological polar surface area (TPSA) is 66.1 Å². The van der Waals surface area contributed by atoms with Gasteiger partial charge in [-0.25, -0.2) is 8.42 Å². The van der Waals surface area contributed by atoms with Gasteiger partial charge in [-0.15, -0.1) is 0 Å². The minimum atomic E-state index is -3.50. The van der Waals surface area contributed by atoms with Crippen LogP contribution >= 0.6 is 0 Å². The van der Waals surface area contributed by atoms with Crippen molar-refractivity contribution in [1.29, 1.82) is 0 Å². The van der Waals surface area contributed by atoms with Crippen molar-refractivity contribution in [3.05, 3.63) is 11.4 Å². The molecule has 116 valence electrons. The predicted molar refractivity (Wildman–Crippen MR) is 81.2 cm³/mol. The molecule has 1 N–H and O–H groups in total. The van der Waals surface area contributed by atoms with Gasteiger partial charge in [-0.05, 0) is 32.6 Å². The van der Waals surface area contributed by atoms with Crippen LogP contribution in [-0.2, 0) is 10.0 Å². The molecule has 0 saturated carbocycles. The molecule has 1 aromatic rings. The molecule has 1 aromatic heterocycles. The van der Waals surface area contributed by atoms with Crippen molar-refractivity contribution in [1.82, 2.24) is 14.5 Å². The van der Waals surface area contributed by atoms with Crippen molar-refractivity contribution in [2.75, 3.05) is 6.54 Å². The van der Waals surface area contributed by atoms with Crippen LogP contribution < -0.4 is 0 Å². The molecule has 1 rings (SSSR count). The maximum Gasteiger partial charge on any atom is 0.246 e. The van der Waals surface area contributed by atoms with Crippen LogP contribution in [0.25, 0.3) is 0 Å². The number of nitrogens with zero attached hydrogens (tertiary/aromatic N) is 2. The molecule has 0 bridgehead atoms. The summed E-state index contributed by atoms with van der Waals surface area (Å²) < 4.78 is 27.6. The third-order valence-electron chi connectivity index (χ3n) is 3.52. The number of H-pyrrole nitrogens is 1. The second kappa shape index (κ2) is 6.72. The van der Waals surface area contributed by atoms with Gasteiger partial charge in [0.05, 0.1) is 11.4 Å². The van der Waals surface area contributed by atoms with Crippen LogP contribution in [0.1, 0.15) is 51.9 Å². The zero-order chi connectivity index (χ0) is 15.5. The summed E-state index contributed by atoms with van der Waals surface area (Å²) in [5.41, 5.74) is 1.16. The van der Waals surface area contributed by atoms with E-state index in [0.29, 0.717) is 22.8 Å². The lowest BCUT2D eigenvalue weighted by atomic mass is 10.1. The van der Waals surface area contributed by atoms with Crippen LogP contribution in [-0.4, -0.2) is 35.5 Å². The number of hydrogen-bond acceptors (Lipinski definition) is 3. The maximum atomic E-state index is 13.0. The Morgan fingerprint density at radius 2 is 1.75 bits per heavy atom. The van der Waals surface area contributed by atoms with E-state index in [9.17, 15) is 8.42 Å². The van der Waals surface area contributed by atoms with Crippen LogP contribution in [0, 0.1) is 19.8 Å². The molecule has 0 aliphatic heterocycles. The molecular weight excluding hydrogens is 274 g/mol. The molecule has 0 saturated heterocycles. The Bertz CT molecular complexity index is 511. The average molecular weight is 301 g/mol. The van der Waals surface area contributed by atoms with Crippen LogP contribution in [0.3, 0.4) is 0 Å². The van der Waals surface area contributed by atoms with Gasteiger partial charge in [-0.1, -0.05) is 27.7 Å². The number of hydrogen-bond donors (Lipinski definition) is 1. The number of rotatable bonds is 7. The van der Waals surface area contributed by atoms with Gasteiger partial charge in [0.15, 0.2) is 0 Å². The maximum absolute atomic E-state index is 13.0. The number of aromatic amines is 1. The molecule has 0 radical (unpaired) electrons. The fraction of sp³-hybridized carbons (Fsp3) is 0.786. The molecule has 20 heavy (non-hydrogen) atoms. The molecule has 0 aliphatic rings. The van der Waals surface area contributed by atoms with Crippen molar-refractivity contribution in [2.45, 2.75) is 65.3 Å². The Morgan fingerprint density at radius 3 is 2.10 bits per heavy atom. The van der Waals surface area contributed by atoms with E-state index in [2.05, 4.69) is 10.2 Å². The van der Waals surface area contributed by atoms with Crippen molar-refractivity contribution in [2.24, 2.45) is 5.92 Å². The summed E-state index contributed by atoms with van der Waals surface area (Å²) in [5, 5.41) is 6.79. The zero-order valence-electron chi connectivity index (χ0n) is 13.4. The first-order valence-corrected chi connectivity index (χ1v) is 8.73. The lowest BCUT2D eigenvalue weighted by Gasteiger charge is -2.31. The first-order chi connectivity index (χ1) is 9.25. The van der Waals surface area contributed by atoms with E-state index in [1.165, 1.54) is 0 Å². The lowest BCUT2D eigenvalue weighted by Crippen LogP contribution is -2.42. The quantitative estimate of drug-likeness (QED) is 0.842. The fourth-order valence-electron chi connectivity index (χ4n) is 2.54. The van der Waals surface area contributed by atoms with E-state index in [4.69, 9.17) is 0 Å². The summed E-state index contributed by atoms with van der Waals surface area (Å²) in [4.78, 5) is 0.338. The summed E-state index contributed by atoms with van der Waals surface area (Å²) in [6.07, 6.45) is 1.64. The van der Waals surface area contributed by atoms with Crippen LogP contribution in [0.15, 0.2) is 4.90 Å². The zero-order valence-corrected chi connectivity index (χ0v) is 14.2. The largest absolute Gasteiger partial charge is 0.281 e. The van der Waals surface area contributed by atoms with Gasteiger partial charge in [0, 0.05) is 12.6 Å². The summed E-state index contributed by atoms with van der Waals surface area (Å²) in [7, 11) is -3.50. The number of sulfonamides is 1. The molecule has 0 aliphatic carbocycles. The van der Waals surface area contributed by atoms with Gasteiger partial charge in [-0.3, -0.25) is 5.10 Å². The molecule has 0 unspecified atom stereocenters. The summed E-state index contributed by atoms with van der Waals surface area (Å²) in [5.74, 6) is 0.290. The number of aryl methyl sites for hydroxylation is 2. The molecule has 0 amide bonds. The highest BCUT2D eigenvalue weighted by Crippen LogP contribution is 2.26. The highest BCUT2D eigenvalue weighted by atomic mass is 32.2. The standard InChI is InChI=1S/C14H27N3O2S/c1-7-13(8-2)17(9-10(3)4)20(18,19)14-11(5)15-16-12(14)6/h10,13H,7-9H2,1-6H3,(H,15,16). The van der Waals surface area contributed by atoms with Gasteiger partial charge in [0.25, 0.3) is 0 Å². The molecule has 1 heterocycles. The van der Waals surface area contributed by atoms with Gasteiger partial charge < -0.3 is 0 Å². The summed E-state index contributed by atoms with van der Waals surface area (Å²) in [6.45, 7) is 12.2. The van der Waals surface area contributed by atoms with Gasteiger partial charge in [-0.2, -0.15) is 9.40 Å². The second-order valence-electron chi connectivity index (χ2n) is 5.70. The normalized spacial score (nSPS) is 12.8. The molecule has 6 heteroatoms. The average Bonchev–Trinajstić information content (AvgIpc) is 2.69. The van der Waals surface area contributed by atoms with Crippen molar-refractivity contribution < 1.29 is 8.42 Å². The Morgan fingerprint density at radius 1 is 1.20 bits per heavy atom. The fourth-order valence-corrected chi connectivity index (χ4v) is 4.81. The van der Waals surface area contributed by atoms with Crippen molar-refractivity contribution in [3.63, 3.8) is 0 Å². The third-order valence-corrected chi connectivity index (χ3v) is 5.70. The van der Waals surface area contributed by atoms with Crippen molar-refractivity contribution in [3.8, 4) is 0 Å². The Balaban J connectivity index is 3.31. The summed E-state index contributed by atoms with van der Waals surface area (Å²) >= 11 is 0. The second-order valence-corrected chi connectivity index (χ2v) is 7.53. The Labute approximate surface area is 122 Å². The van der Waals surface area contributed by atoms with Gasteiger partial charge >= 0.3 is 0 Å². The Hall–Kier alpha value is -0.880. The third kappa shape index (κ3) is 3.41. The number of nitrogens with one attached hydrogen (secondary N) is 1. The molecule has 0 fully saturated rings. The minimum absolute atomic E-state index is 0.0381. The predicted octanol–water partition coefficient (Wildman–Crippen LogP) is 2.86. The van der Waals surface area contributed by atoms with Crippen LogP contribution in [0.5, 0.6) is 0 Å². The monoisotopic (exact) mass is 301 g/mol. The van der Waals surface area contributed by atoms with Crippen LogP contribution in [0.2, 0.25) is 0 Å². The van der Waals surface area contributed by atoms with E-state index in [-0.39, 0.29) is 12.0 Å². The molecular formula is C14H27N3O2S.